The van der Waals surface area contributed by atoms with Crippen LogP contribution in [0.5, 0.6) is 0 Å². The van der Waals surface area contributed by atoms with Gasteiger partial charge in [-0.25, -0.2) is 4.79 Å². The third-order valence-corrected chi connectivity index (χ3v) is 2.79. The van der Waals surface area contributed by atoms with E-state index in [1.54, 1.807) is 18.7 Å². The second kappa shape index (κ2) is 4.82. The van der Waals surface area contributed by atoms with Crippen LogP contribution in [0.1, 0.15) is 33.1 Å². The minimum absolute atomic E-state index is 0.192. The van der Waals surface area contributed by atoms with Gasteiger partial charge in [-0.15, -0.1) is 0 Å². The van der Waals surface area contributed by atoms with Crippen molar-refractivity contribution in [1.82, 2.24) is 4.90 Å². The monoisotopic (exact) mass is 228 g/mol. The van der Waals surface area contributed by atoms with Crippen molar-refractivity contribution in [3.63, 3.8) is 0 Å². The fourth-order valence-corrected chi connectivity index (χ4v) is 1.93. The van der Waals surface area contributed by atoms with Gasteiger partial charge in [-0.1, -0.05) is 0 Å². The molecule has 1 atom stereocenters. The van der Waals surface area contributed by atoms with Crippen molar-refractivity contribution in [2.24, 2.45) is 5.73 Å². The molecule has 0 aromatic carbocycles. The van der Waals surface area contributed by atoms with Gasteiger partial charge >= 0.3 is 5.97 Å². The minimum atomic E-state index is -0.941. The van der Waals surface area contributed by atoms with Gasteiger partial charge in [-0.05, 0) is 33.1 Å². The van der Waals surface area contributed by atoms with Gasteiger partial charge in [-0.3, -0.25) is 4.79 Å². The fourth-order valence-electron chi connectivity index (χ4n) is 1.93. The summed E-state index contributed by atoms with van der Waals surface area (Å²) in [5.74, 6) is -0.542. The summed E-state index contributed by atoms with van der Waals surface area (Å²) in [4.78, 5) is 25.1. The normalized spacial score (nSPS) is 21.8. The number of hydrogen-bond donors (Lipinski definition) is 1. The third kappa shape index (κ3) is 2.72. The molecule has 1 rings (SSSR count). The number of carbonyl (C=O) groups excluding carboxylic acids is 2. The average Bonchev–Trinajstić information content (AvgIpc) is 2.25. The summed E-state index contributed by atoms with van der Waals surface area (Å²) < 4.78 is 4.71. The molecule has 0 radical (unpaired) electrons. The zero-order valence-corrected chi connectivity index (χ0v) is 10.2. The zero-order valence-electron chi connectivity index (χ0n) is 10.2. The first-order valence-corrected chi connectivity index (χ1v) is 5.55. The van der Waals surface area contributed by atoms with Crippen molar-refractivity contribution in [2.75, 3.05) is 13.7 Å². The number of piperidine rings is 1. The number of nitrogens with two attached hydrogens (primary N) is 1. The van der Waals surface area contributed by atoms with E-state index in [0.29, 0.717) is 13.0 Å². The highest BCUT2D eigenvalue weighted by Crippen LogP contribution is 2.20. The van der Waals surface area contributed by atoms with E-state index in [4.69, 9.17) is 10.5 Å². The van der Waals surface area contributed by atoms with E-state index in [1.807, 2.05) is 0 Å². The number of amides is 1. The molecule has 1 heterocycles. The smallest absolute Gasteiger partial charge is 0.328 e. The van der Waals surface area contributed by atoms with Gasteiger partial charge in [0, 0.05) is 6.54 Å². The number of likely N-dealkylation sites (tertiary alicyclic amines) is 1. The number of nitrogens with zero attached hydrogens (tertiary/aromatic N) is 1. The van der Waals surface area contributed by atoms with Crippen molar-refractivity contribution >= 4 is 11.9 Å². The molecule has 0 bridgehead atoms. The van der Waals surface area contributed by atoms with E-state index in [2.05, 4.69) is 0 Å². The molecular formula is C11H20N2O3. The number of esters is 1. The Balaban J connectivity index is 2.82. The molecule has 92 valence electrons. The van der Waals surface area contributed by atoms with Crippen molar-refractivity contribution in [3.8, 4) is 0 Å². The van der Waals surface area contributed by atoms with Crippen LogP contribution in [0.4, 0.5) is 0 Å². The molecule has 5 heteroatoms. The Morgan fingerprint density at radius 1 is 1.38 bits per heavy atom. The Labute approximate surface area is 95.9 Å². The summed E-state index contributed by atoms with van der Waals surface area (Å²) in [6.45, 7) is 3.88. The molecule has 0 aromatic rings. The predicted molar refractivity (Wildman–Crippen MR) is 59.6 cm³/mol. The lowest BCUT2D eigenvalue weighted by atomic mass is 9.97. The highest BCUT2D eigenvalue weighted by atomic mass is 16.5. The Morgan fingerprint density at radius 2 is 2.00 bits per heavy atom. The van der Waals surface area contributed by atoms with E-state index in [-0.39, 0.29) is 11.9 Å². The molecule has 1 fully saturated rings. The van der Waals surface area contributed by atoms with Gasteiger partial charge in [0.15, 0.2) is 0 Å². The van der Waals surface area contributed by atoms with E-state index in [0.717, 1.165) is 12.8 Å². The van der Waals surface area contributed by atoms with Crippen LogP contribution in [0.15, 0.2) is 0 Å². The summed E-state index contributed by atoms with van der Waals surface area (Å²) in [5.41, 5.74) is 4.83. The van der Waals surface area contributed by atoms with Crippen LogP contribution < -0.4 is 5.73 Å². The molecule has 0 aromatic heterocycles. The number of rotatable bonds is 2. The largest absolute Gasteiger partial charge is 0.467 e. The van der Waals surface area contributed by atoms with Crippen LogP contribution in [-0.2, 0) is 14.3 Å². The van der Waals surface area contributed by atoms with Crippen LogP contribution in [0.2, 0.25) is 0 Å². The van der Waals surface area contributed by atoms with Gasteiger partial charge in [0.25, 0.3) is 0 Å². The quantitative estimate of drug-likeness (QED) is 0.689. The Hall–Kier alpha value is -1.10. The first-order chi connectivity index (χ1) is 7.38. The van der Waals surface area contributed by atoms with Crippen molar-refractivity contribution < 1.29 is 14.3 Å². The maximum atomic E-state index is 12.0. The van der Waals surface area contributed by atoms with Crippen molar-refractivity contribution in [3.05, 3.63) is 0 Å². The lowest BCUT2D eigenvalue weighted by molar-refractivity contribution is -0.156. The first kappa shape index (κ1) is 13.0. The van der Waals surface area contributed by atoms with E-state index < -0.39 is 11.6 Å². The number of carbonyl (C=O) groups is 2. The standard InChI is InChI=1S/C11H20N2O3/c1-11(2,12)10(15)13-7-5-4-6-8(13)9(14)16-3/h8H,4-7,12H2,1-3H3. The summed E-state index contributed by atoms with van der Waals surface area (Å²) in [5, 5.41) is 0. The van der Waals surface area contributed by atoms with Gasteiger partial charge in [0.05, 0.1) is 12.6 Å². The lowest BCUT2D eigenvalue weighted by Gasteiger charge is -2.37. The molecule has 1 amide bonds. The number of methoxy groups -OCH3 is 1. The molecule has 2 N–H and O–H groups in total. The molecule has 5 nitrogen and oxygen atoms in total. The Kier molecular flexibility index (Phi) is 3.91. The van der Waals surface area contributed by atoms with Crippen LogP contribution >= 0.6 is 0 Å². The van der Waals surface area contributed by atoms with Gasteiger partial charge < -0.3 is 15.4 Å². The maximum absolute atomic E-state index is 12.0. The summed E-state index contributed by atoms with van der Waals surface area (Å²) in [6.07, 6.45) is 2.51. The molecule has 1 saturated heterocycles. The van der Waals surface area contributed by atoms with Crippen LogP contribution in [-0.4, -0.2) is 42.0 Å². The third-order valence-electron chi connectivity index (χ3n) is 2.79. The second-order valence-corrected chi connectivity index (χ2v) is 4.75. The molecule has 1 aliphatic rings. The summed E-state index contributed by atoms with van der Waals surface area (Å²) in [7, 11) is 1.34. The molecule has 1 aliphatic heterocycles. The van der Waals surface area contributed by atoms with E-state index in [1.165, 1.54) is 7.11 Å². The zero-order chi connectivity index (χ0) is 12.3. The molecule has 0 aliphatic carbocycles. The van der Waals surface area contributed by atoms with Crippen molar-refractivity contribution in [1.29, 1.82) is 0 Å². The first-order valence-electron chi connectivity index (χ1n) is 5.55. The fraction of sp³-hybridized carbons (Fsp3) is 0.818. The Bertz CT molecular complexity index is 283. The topological polar surface area (TPSA) is 72.6 Å². The predicted octanol–water partition coefficient (Wildman–Crippen LogP) is 0.278. The molecular weight excluding hydrogens is 208 g/mol. The van der Waals surface area contributed by atoms with E-state index in [9.17, 15) is 9.59 Å². The van der Waals surface area contributed by atoms with Crippen molar-refractivity contribution in [2.45, 2.75) is 44.7 Å². The van der Waals surface area contributed by atoms with Crippen LogP contribution in [0.25, 0.3) is 0 Å². The van der Waals surface area contributed by atoms with Crippen LogP contribution in [0, 0.1) is 0 Å². The van der Waals surface area contributed by atoms with Gasteiger partial charge in [-0.2, -0.15) is 0 Å². The summed E-state index contributed by atoms with van der Waals surface area (Å²) in [6, 6.07) is -0.464. The maximum Gasteiger partial charge on any atom is 0.328 e. The highest BCUT2D eigenvalue weighted by Gasteiger charge is 2.37. The van der Waals surface area contributed by atoms with Gasteiger partial charge in [0.2, 0.25) is 5.91 Å². The van der Waals surface area contributed by atoms with E-state index >= 15 is 0 Å². The summed E-state index contributed by atoms with van der Waals surface area (Å²) >= 11 is 0. The Morgan fingerprint density at radius 3 is 2.50 bits per heavy atom. The second-order valence-electron chi connectivity index (χ2n) is 4.75. The molecule has 1 unspecified atom stereocenters. The van der Waals surface area contributed by atoms with Crippen LogP contribution in [0.3, 0.4) is 0 Å². The van der Waals surface area contributed by atoms with Gasteiger partial charge in [0.1, 0.15) is 6.04 Å². The number of ether oxygens (including phenoxy) is 1. The SMILES string of the molecule is COC(=O)C1CCCCN1C(=O)C(C)(C)N. The number of hydrogen-bond acceptors (Lipinski definition) is 4. The molecule has 0 saturated carbocycles. The molecule has 0 spiro atoms. The average molecular weight is 228 g/mol. The lowest BCUT2D eigenvalue weighted by Crippen LogP contribution is -2.57. The molecule has 16 heavy (non-hydrogen) atoms. The highest BCUT2D eigenvalue weighted by molar-refractivity contribution is 5.90. The minimum Gasteiger partial charge on any atom is -0.467 e.